The van der Waals surface area contributed by atoms with Gasteiger partial charge in [-0.3, -0.25) is 4.79 Å². The quantitative estimate of drug-likeness (QED) is 0.668. The molecule has 0 atom stereocenters. The van der Waals surface area contributed by atoms with Gasteiger partial charge in [0.15, 0.2) is 0 Å². The van der Waals surface area contributed by atoms with Crippen molar-refractivity contribution in [1.82, 2.24) is 5.43 Å². The zero-order valence-electron chi connectivity index (χ0n) is 10.5. The molecule has 2 N–H and O–H groups in total. The van der Waals surface area contributed by atoms with Crippen LogP contribution >= 0.6 is 23.2 Å². The molecule has 0 aliphatic rings. The Morgan fingerprint density at radius 3 is 2.76 bits per heavy atom. The van der Waals surface area contributed by atoms with Crippen LogP contribution < -0.4 is 5.43 Å². The summed E-state index contributed by atoms with van der Waals surface area (Å²) in [6.45, 7) is 0. The zero-order chi connectivity index (χ0) is 15.4. The van der Waals surface area contributed by atoms with Gasteiger partial charge in [-0.1, -0.05) is 29.3 Å². The van der Waals surface area contributed by atoms with Gasteiger partial charge in [-0.15, -0.1) is 0 Å². The maximum absolute atomic E-state index is 13.5. The maximum Gasteiger partial charge on any atom is 0.275 e. The molecule has 0 unspecified atom stereocenters. The number of hydrazone groups is 1. The van der Waals surface area contributed by atoms with E-state index in [1.807, 2.05) is 0 Å². The first kappa shape index (κ1) is 15.3. The molecule has 2 aromatic rings. The fourth-order valence-corrected chi connectivity index (χ4v) is 1.92. The van der Waals surface area contributed by atoms with Gasteiger partial charge in [0.05, 0.1) is 16.8 Å². The van der Waals surface area contributed by atoms with Crippen LogP contribution in [0.4, 0.5) is 4.39 Å². The third-order valence-corrected chi connectivity index (χ3v) is 3.13. The van der Waals surface area contributed by atoms with Crippen LogP contribution in [0.2, 0.25) is 10.0 Å². The number of nitrogens with zero attached hydrogens (tertiary/aromatic N) is 1. The Morgan fingerprint density at radius 2 is 2.05 bits per heavy atom. The molecule has 108 valence electrons. The van der Waals surface area contributed by atoms with Crippen LogP contribution in [0.1, 0.15) is 15.9 Å². The van der Waals surface area contributed by atoms with Crippen molar-refractivity contribution in [1.29, 1.82) is 0 Å². The molecule has 0 saturated carbocycles. The van der Waals surface area contributed by atoms with Gasteiger partial charge in [0, 0.05) is 10.6 Å². The number of hydrogen-bond donors (Lipinski definition) is 2. The molecule has 0 spiro atoms. The van der Waals surface area contributed by atoms with Crippen LogP contribution in [0.25, 0.3) is 0 Å². The first-order valence-electron chi connectivity index (χ1n) is 5.75. The Balaban J connectivity index is 2.14. The second kappa shape index (κ2) is 6.56. The highest BCUT2D eigenvalue weighted by Gasteiger charge is 2.11. The fourth-order valence-electron chi connectivity index (χ4n) is 1.54. The van der Waals surface area contributed by atoms with Crippen molar-refractivity contribution in [2.45, 2.75) is 0 Å². The molecule has 0 aromatic heterocycles. The predicted octanol–water partition coefficient (Wildman–Crippen LogP) is 3.60. The van der Waals surface area contributed by atoms with Crippen molar-refractivity contribution in [3.05, 3.63) is 63.4 Å². The number of aromatic hydroxyl groups is 1. The summed E-state index contributed by atoms with van der Waals surface area (Å²) in [5, 5.41) is 13.6. The number of carbonyl (C=O) groups excluding carboxylic acids is 1. The maximum atomic E-state index is 13.5. The molecule has 0 saturated heterocycles. The largest absolute Gasteiger partial charge is 0.507 e. The number of benzene rings is 2. The number of phenols is 1. The van der Waals surface area contributed by atoms with E-state index in [2.05, 4.69) is 10.5 Å². The minimum Gasteiger partial charge on any atom is -0.507 e. The molecule has 0 aliphatic heterocycles. The third-order valence-electron chi connectivity index (χ3n) is 2.56. The van der Waals surface area contributed by atoms with E-state index in [1.54, 1.807) is 0 Å². The van der Waals surface area contributed by atoms with E-state index >= 15 is 0 Å². The lowest BCUT2D eigenvalue weighted by atomic mass is 10.2. The molecule has 2 aromatic carbocycles. The molecule has 0 bridgehead atoms. The van der Waals surface area contributed by atoms with Gasteiger partial charge in [0.25, 0.3) is 5.91 Å². The Bertz CT molecular complexity index is 700. The lowest BCUT2D eigenvalue weighted by Crippen LogP contribution is -2.17. The molecule has 0 radical (unpaired) electrons. The van der Waals surface area contributed by atoms with Crippen LogP contribution in [0.5, 0.6) is 5.75 Å². The van der Waals surface area contributed by atoms with Crippen molar-refractivity contribution >= 4 is 35.3 Å². The summed E-state index contributed by atoms with van der Waals surface area (Å²) in [5.41, 5.74) is 2.16. The summed E-state index contributed by atoms with van der Waals surface area (Å²) in [7, 11) is 0. The SMILES string of the molecule is O=C(NN=Cc1c(F)cccc1Cl)c1cc(Cl)ccc1O. The summed E-state index contributed by atoms with van der Waals surface area (Å²) < 4.78 is 13.5. The molecule has 7 heteroatoms. The number of carbonyl (C=O) groups is 1. The standard InChI is InChI=1S/C14H9Cl2FN2O2/c15-8-4-5-13(20)9(6-8)14(21)19-18-7-10-11(16)2-1-3-12(10)17/h1-7,20H,(H,19,21). The average Bonchev–Trinajstić information content (AvgIpc) is 2.44. The minimum absolute atomic E-state index is 0.0423. The van der Waals surface area contributed by atoms with Crippen molar-refractivity contribution in [3.63, 3.8) is 0 Å². The van der Waals surface area contributed by atoms with E-state index in [1.165, 1.54) is 36.4 Å². The van der Waals surface area contributed by atoms with E-state index < -0.39 is 11.7 Å². The second-order valence-corrected chi connectivity index (χ2v) is 4.84. The first-order valence-corrected chi connectivity index (χ1v) is 6.50. The number of halogens is 3. The summed E-state index contributed by atoms with van der Waals surface area (Å²) in [5.74, 6) is -1.49. The van der Waals surface area contributed by atoms with E-state index in [9.17, 15) is 14.3 Å². The highest BCUT2D eigenvalue weighted by atomic mass is 35.5. The first-order chi connectivity index (χ1) is 9.99. The van der Waals surface area contributed by atoms with Gasteiger partial charge < -0.3 is 5.11 Å². The lowest BCUT2D eigenvalue weighted by molar-refractivity contribution is 0.0952. The van der Waals surface area contributed by atoms with E-state index in [0.717, 1.165) is 6.21 Å². The Labute approximate surface area is 129 Å². The molecule has 1 amide bonds. The molecular formula is C14H9Cl2FN2O2. The topological polar surface area (TPSA) is 61.7 Å². The summed E-state index contributed by atoms with van der Waals surface area (Å²) in [4.78, 5) is 11.8. The third kappa shape index (κ3) is 3.71. The van der Waals surface area contributed by atoms with Crippen LogP contribution in [0.15, 0.2) is 41.5 Å². The molecule has 21 heavy (non-hydrogen) atoms. The summed E-state index contributed by atoms with van der Waals surface area (Å²) in [6, 6.07) is 8.19. The predicted molar refractivity (Wildman–Crippen MR) is 79.6 cm³/mol. The van der Waals surface area contributed by atoms with E-state index in [0.29, 0.717) is 5.02 Å². The van der Waals surface area contributed by atoms with Gasteiger partial charge >= 0.3 is 0 Å². The number of amides is 1. The van der Waals surface area contributed by atoms with Gasteiger partial charge in [-0.2, -0.15) is 5.10 Å². The molecule has 2 rings (SSSR count). The van der Waals surface area contributed by atoms with E-state index in [4.69, 9.17) is 23.2 Å². The normalized spacial score (nSPS) is 10.8. The van der Waals surface area contributed by atoms with Gasteiger partial charge in [-0.25, -0.2) is 9.82 Å². The van der Waals surface area contributed by atoms with Crippen LogP contribution in [-0.4, -0.2) is 17.2 Å². The Hall–Kier alpha value is -2.11. The van der Waals surface area contributed by atoms with Crippen LogP contribution in [-0.2, 0) is 0 Å². The highest BCUT2D eigenvalue weighted by molar-refractivity contribution is 6.33. The summed E-state index contributed by atoms with van der Waals surface area (Å²) >= 11 is 11.5. The summed E-state index contributed by atoms with van der Waals surface area (Å²) in [6.07, 6.45) is 1.08. The van der Waals surface area contributed by atoms with Crippen molar-refractivity contribution in [3.8, 4) is 5.75 Å². The van der Waals surface area contributed by atoms with E-state index in [-0.39, 0.29) is 21.9 Å². The molecule has 0 aliphatic carbocycles. The fraction of sp³-hybridized carbons (Fsp3) is 0. The number of phenolic OH excluding ortho intramolecular Hbond substituents is 1. The number of rotatable bonds is 3. The minimum atomic E-state index is -0.682. The monoisotopic (exact) mass is 326 g/mol. The second-order valence-electron chi connectivity index (χ2n) is 4.00. The lowest BCUT2D eigenvalue weighted by Gasteiger charge is -2.03. The number of nitrogens with one attached hydrogen (secondary N) is 1. The molecule has 0 heterocycles. The number of hydrogen-bond acceptors (Lipinski definition) is 3. The van der Waals surface area contributed by atoms with Gasteiger partial charge in [-0.05, 0) is 30.3 Å². The van der Waals surface area contributed by atoms with Crippen molar-refractivity contribution in [2.24, 2.45) is 5.10 Å². The Morgan fingerprint density at radius 1 is 1.29 bits per heavy atom. The zero-order valence-corrected chi connectivity index (χ0v) is 12.0. The van der Waals surface area contributed by atoms with Crippen LogP contribution in [0, 0.1) is 5.82 Å². The average molecular weight is 327 g/mol. The smallest absolute Gasteiger partial charge is 0.275 e. The van der Waals surface area contributed by atoms with Crippen LogP contribution in [0.3, 0.4) is 0 Å². The van der Waals surface area contributed by atoms with Gasteiger partial charge in [0.2, 0.25) is 0 Å². The molecule has 4 nitrogen and oxygen atoms in total. The Kier molecular flexibility index (Phi) is 4.77. The van der Waals surface area contributed by atoms with Crippen molar-refractivity contribution in [2.75, 3.05) is 0 Å². The van der Waals surface area contributed by atoms with Crippen molar-refractivity contribution < 1.29 is 14.3 Å². The molecule has 0 fully saturated rings. The highest BCUT2D eigenvalue weighted by Crippen LogP contribution is 2.21. The molecular weight excluding hydrogens is 318 g/mol. The van der Waals surface area contributed by atoms with Gasteiger partial charge in [0.1, 0.15) is 11.6 Å².